The lowest BCUT2D eigenvalue weighted by atomic mass is 10.0. The molecule has 1 rings (SSSR count). The first-order valence-electron chi connectivity index (χ1n) is 6.18. The fourth-order valence-corrected chi connectivity index (χ4v) is 2.38. The van der Waals surface area contributed by atoms with Gasteiger partial charge >= 0.3 is 0 Å². The van der Waals surface area contributed by atoms with E-state index in [9.17, 15) is 0 Å². The third kappa shape index (κ3) is 3.22. The maximum absolute atomic E-state index is 5.53. The molecule has 0 aliphatic carbocycles. The Hall–Kier alpha value is -0.520. The second-order valence-corrected chi connectivity index (χ2v) is 4.50. The lowest BCUT2D eigenvalue weighted by molar-refractivity contribution is 0.106. The van der Waals surface area contributed by atoms with Crippen LogP contribution in [-0.4, -0.2) is 36.1 Å². The first-order valence-corrected chi connectivity index (χ1v) is 6.18. The van der Waals surface area contributed by atoms with Gasteiger partial charge in [-0.15, -0.1) is 6.42 Å². The van der Waals surface area contributed by atoms with Gasteiger partial charge in [0.2, 0.25) is 0 Å². The van der Waals surface area contributed by atoms with Crippen LogP contribution in [0.5, 0.6) is 0 Å². The predicted molar refractivity (Wildman–Crippen MR) is 65.8 cm³/mol. The van der Waals surface area contributed by atoms with E-state index < -0.39 is 0 Å². The number of rotatable bonds is 4. The van der Waals surface area contributed by atoms with Crippen molar-refractivity contribution in [3.05, 3.63) is 0 Å². The second-order valence-electron chi connectivity index (χ2n) is 4.50. The standard InChI is InChI=1S/C13H24N2/c1-5-8-12-10-15(11(4)6-2)13(7-3)9-14-12/h2,11-14H,5,7-10H2,1,3-4H3. The van der Waals surface area contributed by atoms with E-state index in [0.29, 0.717) is 12.1 Å². The van der Waals surface area contributed by atoms with E-state index in [1.807, 2.05) is 0 Å². The molecule has 0 saturated carbocycles. The SMILES string of the molecule is C#CC(C)N1CC(CCC)NCC1CC. The first kappa shape index (κ1) is 12.5. The van der Waals surface area contributed by atoms with E-state index in [4.69, 9.17) is 6.42 Å². The van der Waals surface area contributed by atoms with E-state index >= 15 is 0 Å². The molecule has 1 heterocycles. The maximum atomic E-state index is 5.53. The largest absolute Gasteiger partial charge is 0.311 e. The lowest BCUT2D eigenvalue weighted by Crippen LogP contribution is -2.58. The van der Waals surface area contributed by atoms with Crippen molar-refractivity contribution in [3.63, 3.8) is 0 Å². The van der Waals surface area contributed by atoms with Gasteiger partial charge in [0.25, 0.3) is 0 Å². The zero-order valence-electron chi connectivity index (χ0n) is 10.3. The molecule has 0 radical (unpaired) electrons. The van der Waals surface area contributed by atoms with E-state index in [1.54, 1.807) is 0 Å². The minimum atomic E-state index is 0.274. The van der Waals surface area contributed by atoms with E-state index in [-0.39, 0.29) is 6.04 Å². The molecule has 1 saturated heterocycles. The quantitative estimate of drug-likeness (QED) is 0.709. The van der Waals surface area contributed by atoms with Crippen LogP contribution in [0.25, 0.3) is 0 Å². The van der Waals surface area contributed by atoms with Crippen LogP contribution in [0.15, 0.2) is 0 Å². The van der Waals surface area contributed by atoms with Gasteiger partial charge in [0.1, 0.15) is 0 Å². The summed E-state index contributed by atoms with van der Waals surface area (Å²) in [7, 11) is 0. The topological polar surface area (TPSA) is 15.3 Å². The Kier molecular flexibility index (Phi) is 5.14. The van der Waals surface area contributed by atoms with Gasteiger partial charge < -0.3 is 5.32 Å². The zero-order valence-corrected chi connectivity index (χ0v) is 10.3. The predicted octanol–water partition coefficient (Wildman–Crippen LogP) is 1.86. The first-order chi connectivity index (χ1) is 7.22. The van der Waals surface area contributed by atoms with Crippen LogP contribution in [-0.2, 0) is 0 Å². The summed E-state index contributed by atoms with van der Waals surface area (Å²) in [5, 5.41) is 3.62. The summed E-state index contributed by atoms with van der Waals surface area (Å²) in [6.07, 6.45) is 9.20. The molecule has 0 aromatic carbocycles. The van der Waals surface area contributed by atoms with Gasteiger partial charge in [0.15, 0.2) is 0 Å². The number of nitrogens with one attached hydrogen (secondary N) is 1. The minimum Gasteiger partial charge on any atom is -0.311 e. The van der Waals surface area contributed by atoms with E-state index in [0.717, 1.165) is 13.1 Å². The molecule has 0 spiro atoms. The minimum absolute atomic E-state index is 0.274. The summed E-state index contributed by atoms with van der Waals surface area (Å²) < 4.78 is 0. The van der Waals surface area contributed by atoms with Crippen LogP contribution in [0.3, 0.4) is 0 Å². The highest BCUT2D eigenvalue weighted by molar-refractivity contribution is 5.01. The molecule has 86 valence electrons. The van der Waals surface area contributed by atoms with Gasteiger partial charge in [-0.1, -0.05) is 26.2 Å². The third-order valence-electron chi connectivity index (χ3n) is 3.39. The van der Waals surface area contributed by atoms with Gasteiger partial charge in [-0.25, -0.2) is 0 Å². The van der Waals surface area contributed by atoms with Crippen LogP contribution >= 0.6 is 0 Å². The van der Waals surface area contributed by atoms with Crippen molar-refractivity contribution in [2.75, 3.05) is 13.1 Å². The number of hydrogen-bond donors (Lipinski definition) is 1. The highest BCUT2D eigenvalue weighted by Crippen LogP contribution is 2.15. The lowest BCUT2D eigenvalue weighted by Gasteiger charge is -2.42. The smallest absolute Gasteiger partial charge is 0.0686 e. The summed E-state index contributed by atoms with van der Waals surface area (Å²) in [6, 6.07) is 1.52. The van der Waals surface area contributed by atoms with E-state index in [1.165, 1.54) is 19.3 Å². The Bertz CT molecular complexity index is 219. The summed E-state index contributed by atoms with van der Waals surface area (Å²) in [5.74, 6) is 2.86. The fraction of sp³-hybridized carbons (Fsp3) is 0.846. The van der Waals surface area contributed by atoms with Gasteiger partial charge in [0.05, 0.1) is 6.04 Å². The van der Waals surface area contributed by atoms with Gasteiger partial charge in [-0.05, 0) is 19.8 Å². The second kappa shape index (κ2) is 6.15. The number of terminal acetylenes is 1. The van der Waals surface area contributed by atoms with Gasteiger partial charge in [-0.3, -0.25) is 4.90 Å². The summed E-state index contributed by atoms with van der Waals surface area (Å²) >= 11 is 0. The molecule has 3 atom stereocenters. The highest BCUT2D eigenvalue weighted by atomic mass is 15.2. The Balaban J connectivity index is 2.57. The molecule has 1 aliphatic rings. The number of piperazine rings is 1. The molecule has 1 N–H and O–H groups in total. The average molecular weight is 208 g/mol. The number of hydrogen-bond acceptors (Lipinski definition) is 2. The molecule has 2 nitrogen and oxygen atoms in total. The van der Waals surface area contributed by atoms with Crippen molar-refractivity contribution in [3.8, 4) is 12.3 Å². The van der Waals surface area contributed by atoms with Gasteiger partial charge in [0, 0.05) is 25.2 Å². The Morgan fingerprint density at radius 1 is 1.53 bits per heavy atom. The molecule has 1 fully saturated rings. The molecule has 0 bridgehead atoms. The molecule has 2 heteroatoms. The molecule has 0 amide bonds. The van der Waals surface area contributed by atoms with Crippen molar-refractivity contribution in [1.29, 1.82) is 0 Å². The molecule has 3 unspecified atom stereocenters. The van der Waals surface area contributed by atoms with Crippen molar-refractivity contribution < 1.29 is 0 Å². The summed E-state index contributed by atoms with van der Waals surface area (Å²) in [6.45, 7) is 8.81. The van der Waals surface area contributed by atoms with Crippen molar-refractivity contribution >= 4 is 0 Å². The normalized spacial score (nSPS) is 29.7. The molecule has 15 heavy (non-hydrogen) atoms. The Morgan fingerprint density at radius 3 is 2.80 bits per heavy atom. The van der Waals surface area contributed by atoms with Crippen LogP contribution in [0.1, 0.15) is 40.0 Å². The van der Waals surface area contributed by atoms with Crippen LogP contribution < -0.4 is 5.32 Å². The van der Waals surface area contributed by atoms with Crippen molar-refractivity contribution in [2.24, 2.45) is 0 Å². The summed E-state index contributed by atoms with van der Waals surface area (Å²) in [5.41, 5.74) is 0. The average Bonchev–Trinajstić information content (AvgIpc) is 2.28. The highest BCUT2D eigenvalue weighted by Gasteiger charge is 2.28. The molecule has 1 aliphatic heterocycles. The monoisotopic (exact) mass is 208 g/mol. The van der Waals surface area contributed by atoms with Crippen LogP contribution in [0, 0.1) is 12.3 Å². The van der Waals surface area contributed by atoms with Crippen molar-refractivity contribution in [2.45, 2.75) is 58.2 Å². The Labute approximate surface area is 94.4 Å². The molecular formula is C13H24N2. The van der Waals surface area contributed by atoms with Crippen LogP contribution in [0.2, 0.25) is 0 Å². The maximum Gasteiger partial charge on any atom is 0.0686 e. The zero-order chi connectivity index (χ0) is 11.3. The fourth-order valence-electron chi connectivity index (χ4n) is 2.38. The Morgan fingerprint density at radius 2 is 2.27 bits per heavy atom. The van der Waals surface area contributed by atoms with E-state index in [2.05, 4.69) is 36.9 Å². The molecule has 0 aromatic heterocycles. The van der Waals surface area contributed by atoms with Gasteiger partial charge in [-0.2, -0.15) is 0 Å². The third-order valence-corrected chi connectivity index (χ3v) is 3.39. The van der Waals surface area contributed by atoms with Crippen molar-refractivity contribution in [1.82, 2.24) is 10.2 Å². The molecular weight excluding hydrogens is 184 g/mol. The molecule has 0 aromatic rings. The van der Waals surface area contributed by atoms with Crippen LogP contribution in [0.4, 0.5) is 0 Å². The summed E-state index contributed by atoms with van der Waals surface area (Å²) in [4.78, 5) is 2.48. The number of nitrogens with zero attached hydrogens (tertiary/aromatic N) is 1.